The number of thiophene rings is 1. The molecule has 1 saturated heterocycles. The summed E-state index contributed by atoms with van der Waals surface area (Å²) in [5.74, 6) is -0.152. The SMILES string of the molecule is NC(=O)CC1C=CC=CS1(=O)=O.O=C(Oc1ccccc1)N(OC1CCCCO1)c1cccc(-c2ccc(C3=Cc4ccc5c(c4CC3)CCc3ccccc3-5)s2)c1. The number of anilines is 1. The Morgan fingerprint density at radius 3 is 2.43 bits per heavy atom. The molecule has 0 bridgehead atoms. The molecule has 4 aromatic carbocycles. The van der Waals surface area contributed by atoms with Crippen LogP contribution in [0.15, 0.2) is 127 Å². The molecule has 5 aromatic rings. The molecule has 3 heterocycles. The van der Waals surface area contributed by atoms with Crippen molar-refractivity contribution in [3.8, 4) is 27.3 Å². The van der Waals surface area contributed by atoms with Crippen LogP contribution in [0.3, 0.4) is 0 Å². The van der Waals surface area contributed by atoms with Crippen molar-refractivity contribution in [2.75, 3.05) is 11.7 Å². The van der Waals surface area contributed by atoms with Gasteiger partial charge < -0.3 is 15.2 Å². The van der Waals surface area contributed by atoms with Crippen LogP contribution in [-0.4, -0.2) is 38.6 Å². The van der Waals surface area contributed by atoms with Gasteiger partial charge in [0.25, 0.3) is 0 Å². The Morgan fingerprint density at radius 1 is 0.810 bits per heavy atom. The Hall–Kier alpha value is -5.59. The van der Waals surface area contributed by atoms with E-state index in [4.69, 9.17) is 20.0 Å². The fraction of sp³-hybridized carbons (Fsp3) is 0.234. The van der Waals surface area contributed by atoms with E-state index in [9.17, 15) is 18.0 Å². The van der Waals surface area contributed by atoms with Crippen LogP contribution in [0.5, 0.6) is 5.75 Å². The molecule has 2 amide bonds. The second-order valence-electron chi connectivity index (χ2n) is 14.6. The number of carbonyl (C=O) groups excluding carboxylic acids is 2. The minimum absolute atomic E-state index is 0.150. The van der Waals surface area contributed by atoms with E-state index in [2.05, 4.69) is 60.7 Å². The lowest BCUT2D eigenvalue weighted by atomic mass is 9.78. The fourth-order valence-corrected chi connectivity index (χ4v) is 10.1. The average molecular weight is 813 g/mol. The van der Waals surface area contributed by atoms with Crippen molar-refractivity contribution in [3.63, 3.8) is 0 Å². The number of amides is 2. The number of hydrogen-bond acceptors (Lipinski definition) is 8. The quantitative estimate of drug-likeness (QED) is 0.155. The number of hydrogen-bond donors (Lipinski definition) is 1. The van der Waals surface area contributed by atoms with E-state index in [0.29, 0.717) is 18.0 Å². The van der Waals surface area contributed by atoms with Crippen LogP contribution >= 0.6 is 11.3 Å². The smallest absolute Gasteiger partial charge is 0.408 e. The number of para-hydroxylation sites is 1. The highest BCUT2D eigenvalue weighted by atomic mass is 32.2. The monoisotopic (exact) mass is 812 g/mol. The number of aryl methyl sites for hydroxylation is 1. The molecule has 58 heavy (non-hydrogen) atoms. The molecule has 1 fully saturated rings. The van der Waals surface area contributed by atoms with Crippen LogP contribution < -0.4 is 15.5 Å². The molecule has 0 radical (unpaired) electrons. The maximum atomic E-state index is 13.4. The zero-order valence-corrected chi connectivity index (χ0v) is 33.6. The second kappa shape index (κ2) is 17.5. The van der Waals surface area contributed by atoms with Gasteiger partial charge in [0.1, 0.15) is 5.75 Å². The zero-order valence-electron chi connectivity index (χ0n) is 31.9. The summed E-state index contributed by atoms with van der Waals surface area (Å²) in [5, 5.41) is 1.54. The number of ether oxygens (including phenoxy) is 2. The van der Waals surface area contributed by atoms with Gasteiger partial charge in [0.15, 0.2) is 16.1 Å². The summed E-state index contributed by atoms with van der Waals surface area (Å²) in [4.78, 5) is 32.4. The van der Waals surface area contributed by atoms with Gasteiger partial charge in [-0.3, -0.25) is 4.79 Å². The van der Waals surface area contributed by atoms with Crippen LogP contribution in [0.25, 0.3) is 33.2 Å². The van der Waals surface area contributed by atoms with Crippen molar-refractivity contribution in [2.45, 2.75) is 62.9 Å². The predicted molar refractivity (Wildman–Crippen MR) is 230 cm³/mol. The molecule has 2 aliphatic carbocycles. The number of sulfone groups is 1. The maximum absolute atomic E-state index is 13.4. The van der Waals surface area contributed by atoms with Crippen molar-refractivity contribution in [2.24, 2.45) is 5.73 Å². The van der Waals surface area contributed by atoms with Gasteiger partial charge in [0.05, 0.1) is 10.9 Å². The van der Waals surface area contributed by atoms with Crippen molar-refractivity contribution < 1.29 is 32.3 Å². The Bertz CT molecular complexity index is 2520. The van der Waals surface area contributed by atoms with Gasteiger partial charge in [-0.2, -0.15) is 0 Å². The van der Waals surface area contributed by atoms with Crippen LogP contribution in [0.4, 0.5) is 10.5 Å². The minimum Gasteiger partial charge on any atom is -0.408 e. The highest BCUT2D eigenvalue weighted by Crippen LogP contribution is 2.43. The number of allylic oxidation sites excluding steroid dienone is 3. The van der Waals surface area contributed by atoms with E-state index < -0.39 is 33.4 Å². The molecular formula is C47H44N2O7S2. The number of primary amides is 1. The van der Waals surface area contributed by atoms with Crippen molar-refractivity contribution in [1.29, 1.82) is 0 Å². The first kappa shape index (κ1) is 39.2. The van der Waals surface area contributed by atoms with Gasteiger partial charge >= 0.3 is 6.09 Å². The minimum atomic E-state index is -3.29. The summed E-state index contributed by atoms with van der Waals surface area (Å²) in [6, 6.07) is 34.8. The van der Waals surface area contributed by atoms with Gasteiger partial charge in [-0.15, -0.1) is 16.4 Å². The van der Waals surface area contributed by atoms with Gasteiger partial charge in [-0.1, -0.05) is 91.0 Å². The van der Waals surface area contributed by atoms with Gasteiger partial charge in [0, 0.05) is 34.6 Å². The molecule has 2 atom stereocenters. The first-order valence-electron chi connectivity index (χ1n) is 19.6. The van der Waals surface area contributed by atoms with Gasteiger partial charge in [0.2, 0.25) is 5.91 Å². The third-order valence-electron chi connectivity index (χ3n) is 10.7. The lowest BCUT2D eigenvalue weighted by Gasteiger charge is -2.29. The number of nitrogens with two attached hydrogens (primary N) is 1. The summed E-state index contributed by atoms with van der Waals surface area (Å²) in [5.41, 5.74) is 16.6. The Labute approximate surface area is 342 Å². The number of fused-ring (bicyclic) bond motifs is 5. The summed E-state index contributed by atoms with van der Waals surface area (Å²) in [6.07, 6.45) is 12.6. The molecule has 0 spiro atoms. The van der Waals surface area contributed by atoms with Gasteiger partial charge in [-0.05, 0) is 119 Å². The Kier molecular flexibility index (Phi) is 11.8. The molecular weight excluding hydrogens is 769 g/mol. The van der Waals surface area contributed by atoms with Crippen molar-refractivity contribution >= 4 is 50.5 Å². The standard InChI is InChI=1S/C40H35NO4S.C7H9NO3S/c42-40(44-32-12-2-1-3-13-32)41(45-39-15-6-7-24-43-39)31-11-8-10-29(26-31)37-22-23-38(46-37)30-18-19-34-28(25-30)17-21-35-33-14-5-4-9-27(33)16-20-36(34)35;8-7(9)5-6-3-1-2-4-12(6,10)11/h1-5,8-14,17,21-23,25-26,39H,6-7,15-16,18-20,24H2;1-4,6H,5H2,(H2,8,9). The number of rotatable bonds is 8. The number of nitrogens with zero attached hydrogens (tertiary/aromatic N) is 1. The maximum Gasteiger partial charge on any atom is 0.444 e. The molecule has 2 unspecified atom stereocenters. The van der Waals surface area contributed by atoms with Crippen LogP contribution in [0.1, 0.15) is 59.2 Å². The molecule has 1 aromatic heterocycles. The Balaban J connectivity index is 0.000000338. The lowest BCUT2D eigenvalue weighted by molar-refractivity contribution is -0.165. The lowest BCUT2D eigenvalue weighted by Crippen LogP contribution is -2.39. The Morgan fingerprint density at radius 2 is 1.62 bits per heavy atom. The second-order valence-corrected chi connectivity index (χ2v) is 17.7. The largest absolute Gasteiger partial charge is 0.444 e. The highest BCUT2D eigenvalue weighted by Gasteiger charge is 2.28. The highest BCUT2D eigenvalue weighted by molar-refractivity contribution is 7.95. The van der Waals surface area contributed by atoms with E-state index in [-0.39, 0.29) is 6.42 Å². The molecule has 9 nitrogen and oxygen atoms in total. The molecule has 2 N–H and O–H groups in total. The fourth-order valence-electron chi connectivity index (χ4n) is 7.79. The van der Waals surface area contributed by atoms with E-state index in [1.54, 1.807) is 29.5 Å². The van der Waals surface area contributed by atoms with Gasteiger partial charge in [-0.25, -0.2) is 18.0 Å². The molecule has 4 aliphatic rings. The van der Waals surface area contributed by atoms with Crippen LogP contribution in [0, 0.1) is 0 Å². The first-order chi connectivity index (χ1) is 28.2. The van der Waals surface area contributed by atoms with E-state index in [0.717, 1.165) is 60.8 Å². The average Bonchev–Trinajstić information content (AvgIpc) is 3.75. The molecule has 9 rings (SSSR count). The molecule has 11 heteroatoms. The summed E-state index contributed by atoms with van der Waals surface area (Å²) in [6.45, 7) is 0.612. The normalized spacial score (nSPS) is 18.7. The molecule has 296 valence electrons. The van der Waals surface area contributed by atoms with E-state index in [1.807, 2.05) is 36.4 Å². The number of carbonyl (C=O) groups is 2. The number of hydroxylamine groups is 1. The third-order valence-corrected chi connectivity index (χ3v) is 13.6. The van der Waals surface area contributed by atoms with E-state index >= 15 is 0 Å². The third kappa shape index (κ3) is 8.93. The predicted octanol–water partition coefficient (Wildman–Crippen LogP) is 9.86. The summed E-state index contributed by atoms with van der Waals surface area (Å²) >= 11 is 1.79. The molecule has 0 saturated carbocycles. The van der Waals surface area contributed by atoms with Crippen molar-refractivity contribution in [1.82, 2.24) is 0 Å². The summed E-state index contributed by atoms with van der Waals surface area (Å²) < 4.78 is 33.8. The van der Waals surface area contributed by atoms with Crippen LogP contribution in [-0.2, 0) is 43.5 Å². The topological polar surface area (TPSA) is 125 Å². The zero-order chi connectivity index (χ0) is 40.1. The first-order valence-corrected chi connectivity index (χ1v) is 22.0. The van der Waals surface area contributed by atoms with Crippen LogP contribution in [0.2, 0.25) is 0 Å². The summed E-state index contributed by atoms with van der Waals surface area (Å²) in [7, 11) is -3.29. The number of benzene rings is 4. The van der Waals surface area contributed by atoms with E-state index in [1.165, 1.54) is 61.0 Å². The van der Waals surface area contributed by atoms with Crippen molar-refractivity contribution in [3.05, 3.63) is 154 Å². The molecule has 2 aliphatic heterocycles.